The van der Waals surface area contributed by atoms with Crippen molar-refractivity contribution in [3.05, 3.63) is 88.9 Å². The van der Waals surface area contributed by atoms with E-state index in [4.69, 9.17) is 9.15 Å². The minimum absolute atomic E-state index is 0.0138. The Balaban J connectivity index is 1.90. The largest absolute Gasteiger partial charge is 0.507 e. The van der Waals surface area contributed by atoms with Crippen molar-refractivity contribution in [3.8, 4) is 5.75 Å². The van der Waals surface area contributed by atoms with Gasteiger partial charge in [-0.1, -0.05) is 17.7 Å². The van der Waals surface area contributed by atoms with Gasteiger partial charge in [0.2, 0.25) is 0 Å². The molecule has 1 atom stereocenters. The average Bonchev–Trinajstić information content (AvgIpc) is 3.29. The molecule has 1 aromatic heterocycles. The molecule has 2 aromatic carbocycles. The summed E-state index contributed by atoms with van der Waals surface area (Å²) in [6, 6.07) is 16.5. The van der Waals surface area contributed by atoms with Crippen molar-refractivity contribution in [2.24, 2.45) is 0 Å². The Kier molecular flexibility index (Phi) is 4.91. The molecule has 0 aliphatic carbocycles. The van der Waals surface area contributed by atoms with Crippen LogP contribution in [0.1, 0.15) is 28.7 Å². The second-order valence-electron chi connectivity index (χ2n) is 7.18. The fourth-order valence-electron chi connectivity index (χ4n) is 3.58. The number of rotatable bonds is 4. The first-order valence-electron chi connectivity index (χ1n) is 9.49. The first kappa shape index (κ1) is 19.5. The predicted octanol–water partition coefficient (Wildman–Crippen LogP) is 4.53. The smallest absolute Gasteiger partial charge is 0.300 e. The van der Waals surface area contributed by atoms with Gasteiger partial charge < -0.3 is 14.3 Å². The molecule has 1 amide bonds. The zero-order chi connectivity index (χ0) is 21.4. The average molecular weight is 403 g/mol. The number of anilines is 1. The summed E-state index contributed by atoms with van der Waals surface area (Å²) in [7, 11) is 1.54. The Morgan fingerprint density at radius 1 is 0.967 bits per heavy atom. The van der Waals surface area contributed by atoms with Crippen molar-refractivity contribution in [1.82, 2.24) is 0 Å². The highest BCUT2D eigenvalue weighted by atomic mass is 16.5. The van der Waals surface area contributed by atoms with Crippen LogP contribution in [-0.2, 0) is 9.59 Å². The molecule has 1 aliphatic heterocycles. The fraction of sp³-hybridized carbons (Fsp3) is 0.167. The highest BCUT2D eigenvalue weighted by Gasteiger charge is 2.48. The number of aliphatic hydroxyl groups is 1. The number of amides is 1. The SMILES string of the molecule is COc1ccc(/C(O)=C2/C(=O)C(=O)N(c3ccc(C)cc3)C2c2ccc(C)o2)cc1. The van der Waals surface area contributed by atoms with E-state index in [0.717, 1.165) is 5.56 Å². The quantitative estimate of drug-likeness (QED) is 0.393. The lowest BCUT2D eigenvalue weighted by Gasteiger charge is -2.23. The summed E-state index contributed by atoms with van der Waals surface area (Å²) in [5.41, 5.74) is 1.97. The molecule has 2 heterocycles. The van der Waals surface area contributed by atoms with Crippen LogP contribution in [0.5, 0.6) is 5.75 Å². The molecule has 1 aliphatic rings. The van der Waals surface area contributed by atoms with Gasteiger partial charge >= 0.3 is 0 Å². The molecule has 0 spiro atoms. The van der Waals surface area contributed by atoms with Crippen LogP contribution in [0.3, 0.4) is 0 Å². The third-order valence-electron chi connectivity index (χ3n) is 5.15. The number of aliphatic hydroxyl groups excluding tert-OH is 1. The van der Waals surface area contributed by atoms with Gasteiger partial charge in [-0.05, 0) is 62.4 Å². The molecule has 3 aromatic rings. The molecule has 6 nitrogen and oxygen atoms in total. The van der Waals surface area contributed by atoms with E-state index in [0.29, 0.717) is 28.5 Å². The number of hydrogen-bond acceptors (Lipinski definition) is 5. The minimum atomic E-state index is -0.872. The van der Waals surface area contributed by atoms with E-state index in [2.05, 4.69) is 0 Å². The molecule has 1 N–H and O–H groups in total. The summed E-state index contributed by atoms with van der Waals surface area (Å²) in [4.78, 5) is 27.4. The van der Waals surface area contributed by atoms with Gasteiger partial charge in [-0.2, -0.15) is 0 Å². The number of methoxy groups -OCH3 is 1. The number of ketones is 1. The van der Waals surface area contributed by atoms with Gasteiger partial charge in [-0.15, -0.1) is 0 Å². The Morgan fingerprint density at radius 2 is 1.63 bits per heavy atom. The summed E-state index contributed by atoms with van der Waals surface area (Å²) in [5.74, 6) is -0.0725. The van der Waals surface area contributed by atoms with Crippen molar-refractivity contribution >= 4 is 23.1 Å². The van der Waals surface area contributed by atoms with E-state index in [1.165, 1.54) is 4.90 Å². The Morgan fingerprint density at radius 3 is 2.20 bits per heavy atom. The van der Waals surface area contributed by atoms with Gasteiger partial charge in [0.15, 0.2) is 0 Å². The minimum Gasteiger partial charge on any atom is -0.507 e. The summed E-state index contributed by atoms with van der Waals surface area (Å²) < 4.78 is 10.9. The number of nitrogens with zero attached hydrogens (tertiary/aromatic N) is 1. The van der Waals surface area contributed by atoms with Crippen molar-refractivity contribution < 1.29 is 23.8 Å². The first-order chi connectivity index (χ1) is 14.4. The van der Waals surface area contributed by atoms with Gasteiger partial charge in [0, 0.05) is 11.3 Å². The summed E-state index contributed by atoms with van der Waals surface area (Å²) in [6.07, 6.45) is 0. The molecule has 1 fully saturated rings. The number of hydrogen-bond donors (Lipinski definition) is 1. The number of carbonyl (C=O) groups excluding carboxylic acids is 2. The molecule has 1 unspecified atom stereocenters. The zero-order valence-electron chi connectivity index (χ0n) is 16.9. The van der Waals surface area contributed by atoms with E-state index >= 15 is 0 Å². The van der Waals surface area contributed by atoms with Gasteiger partial charge in [0.25, 0.3) is 11.7 Å². The molecule has 6 heteroatoms. The molecule has 0 radical (unpaired) electrons. The standard InChI is InChI=1S/C24H21NO5/c1-14-4-9-17(10-5-14)25-21(19-13-6-15(2)30-19)20(23(27)24(25)28)22(26)16-7-11-18(29-3)12-8-16/h4-13,21,26H,1-3H3/b22-20-. The molecule has 1 saturated heterocycles. The van der Waals surface area contributed by atoms with Crippen LogP contribution < -0.4 is 9.64 Å². The van der Waals surface area contributed by atoms with E-state index in [1.807, 2.05) is 19.1 Å². The van der Waals surface area contributed by atoms with Crippen molar-refractivity contribution in [2.75, 3.05) is 12.0 Å². The number of ether oxygens (including phenoxy) is 1. The fourth-order valence-corrected chi connectivity index (χ4v) is 3.58. The lowest BCUT2D eigenvalue weighted by Crippen LogP contribution is -2.29. The Labute approximate surface area is 174 Å². The maximum atomic E-state index is 13.0. The summed E-state index contributed by atoms with van der Waals surface area (Å²) in [5, 5.41) is 11.0. The number of aryl methyl sites for hydroxylation is 2. The molecule has 30 heavy (non-hydrogen) atoms. The second-order valence-corrected chi connectivity index (χ2v) is 7.18. The third-order valence-corrected chi connectivity index (χ3v) is 5.15. The highest BCUT2D eigenvalue weighted by Crippen LogP contribution is 2.42. The molecule has 0 saturated carbocycles. The maximum Gasteiger partial charge on any atom is 0.300 e. The van der Waals surface area contributed by atoms with Crippen LogP contribution in [0.15, 0.2) is 70.7 Å². The van der Waals surface area contributed by atoms with Crippen molar-refractivity contribution in [1.29, 1.82) is 0 Å². The van der Waals surface area contributed by atoms with Crippen LogP contribution in [-0.4, -0.2) is 23.9 Å². The topological polar surface area (TPSA) is 80.0 Å². The Hall–Kier alpha value is -3.80. The third kappa shape index (κ3) is 3.26. The Bertz CT molecular complexity index is 1140. The second kappa shape index (κ2) is 7.55. The molecular weight excluding hydrogens is 382 g/mol. The highest BCUT2D eigenvalue weighted by molar-refractivity contribution is 6.51. The monoisotopic (exact) mass is 403 g/mol. The molecule has 4 rings (SSSR count). The van der Waals surface area contributed by atoms with E-state index in [1.54, 1.807) is 62.6 Å². The number of carbonyl (C=O) groups is 2. The first-order valence-corrected chi connectivity index (χ1v) is 9.49. The zero-order valence-corrected chi connectivity index (χ0v) is 16.9. The summed E-state index contributed by atoms with van der Waals surface area (Å²) in [6.45, 7) is 3.72. The van der Waals surface area contributed by atoms with E-state index in [9.17, 15) is 14.7 Å². The molecule has 0 bridgehead atoms. The lowest BCUT2D eigenvalue weighted by atomic mass is 9.99. The normalized spacial score (nSPS) is 18.1. The lowest BCUT2D eigenvalue weighted by molar-refractivity contribution is -0.132. The number of Topliss-reactive ketones (excluding diaryl/α,β-unsaturated/α-hetero) is 1. The van der Waals surface area contributed by atoms with E-state index in [-0.39, 0.29) is 11.3 Å². The van der Waals surface area contributed by atoms with Crippen LogP contribution in [0, 0.1) is 13.8 Å². The van der Waals surface area contributed by atoms with Crippen LogP contribution in [0.4, 0.5) is 5.69 Å². The van der Waals surface area contributed by atoms with Gasteiger partial charge in [-0.25, -0.2) is 0 Å². The van der Waals surface area contributed by atoms with Crippen molar-refractivity contribution in [2.45, 2.75) is 19.9 Å². The van der Waals surface area contributed by atoms with Gasteiger partial charge in [0.05, 0.1) is 12.7 Å². The predicted molar refractivity (Wildman–Crippen MR) is 112 cm³/mol. The van der Waals surface area contributed by atoms with Gasteiger partial charge in [0.1, 0.15) is 29.1 Å². The van der Waals surface area contributed by atoms with Crippen molar-refractivity contribution in [3.63, 3.8) is 0 Å². The molecular formula is C24H21NO5. The van der Waals surface area contributed by atoms with Crippen LogP contribution in [0.25, 0.3) is 5.76 Å². The maximum absolute atomic E-state index is 13.0. The number of furan rings is 1. The van der Waals surface area contributed by atoms with Crippen LogP contribution in [0.2, 0.25) is 0 Å². The summed E-state index contributed by atoms with van der Waals surface area (Å²) >= 11 is 0. The molecule has 152 valence electrons. The van der Waals surface area contributed by atoms with Crippen LogP contribution >= 0.6 is 0 Å². The van der Waals surface area contributed by atoms with E-state index < -0.39 is 17.7 Å². The van der Waals surface area contributed by atoms with Gasteiger partial charge in [-0.3, -0.25) is 14.5 Å². The number of benzene rings is 2.